The third-order valence-electron chi connectivity index (χ3n) is 4.30. The summed E-state index contributed by atoms with van der Waals surface area (Å²) in [6.45, 7) is 0. The summed E-state index contributed by atoms with van der Waals surface area (Å²) in [6, 6.07) is 24.3. The Bertz CT molecular complexity index is 1210. The Kier molecular flexibility index (Phi) is 4.26. The van der Waals surface area contributed by atoms with Gasteiger partial charge in [-0.1, -0.05) is 48.5 Å². The van der Waals surface area contributed by atoms with E-state index in [1.807, 2.05) is 78.9 Å². The summed E-state index contributed by atoms with van der Waals surface area (Å²) in [5, 5.41) is 17.4. The van der Waals surface area contributed by atoms with Crippen LogP contribution in [0, 0.1) is 5.21 Å². The minimum absolute atomic E-state index is 0.164. The number of benzene rings is 3. The average molecular weight is 355 g/mol. The van der Waals surface area contributed by atoms with E-state index >= 15 is 0 Å². The maximum absolute atomic E-state index is 13.0. The van der Waals surface area contributed by atoms with E-state index in [0.29, 0.717) is 16.8 Å². The first-order valence-electron chi connectivity index (χ1n) is 8.56. The highest BCUT2D eigenvalue weighted by molar-refractivity contribution is 5.94. The van der Waals surface area contributed by atoms with Crippen LogP contribution in [-0.2, 0) is 0 Å². The summed E-state index contributed by atoms with van der Waals surface area (Å²) >= 11 is 0. The van der Waals surface area contributed by atoms with Crippen molar-refractivity contribution in [1.82, 2.24) is 9.78 Å². The largest absolute Gasteiger partial charge is 0.624 e. The lowest BCUT2D eigenvalue weighted by molar-refractivity contribution is -0.416. The third kappa shape index (κ3) is 3.22. The van der Waals surface area contributed by atoms with E-state index in [1.54, 1.807) is 0 Å². The van der Waals surface area contributed by atoms with Crippen molar-refractivity contribution in [3.05, 3.63) is 100.0 Å². The van der Waals surface area contributed by atoms with Crippen LogP contribution in [0.3, 0.4) is 0 Å². The molecule has 0 unspecified atom stereocenters. The highest BCUT2D eigenvalue weighted by atomic mass is 16.5. The predicted octanol–water partition coefficient (Wildman–Crippen LogP) is 3.61. The SMILES string of the molecule is C[N+]([O-])=Cc1cccc(-c2nn(-c3ccccc3)c(=O)c3ccccc23)c1. The summed E-state index contributed by atoms with van der Waals surface area (Å²) < 4.78 is 2.18. The zero-order chi connectivity index (χ0) is 18.8. The van der Waals surface area contributed by atoms with Gasteiger partial charge in [-0.3, -0.25) is 4.79 Å². The molecule has 4 aromatic rings. The van der Waals surface area contributed by atoms with Crippen LogP contribution < -0.4 is 5.56 Å². The second-order valence-corrected chi connectivity index (χ2v) is 6.25. The number of hydrogen-bond acceptors (Lipinski definition) is 3. The monoisotopic (exact) mass is 355 g/mol. The second kappa shape index (κ2) is 6.88. The van der Waals surface area contributed by atoms with Crippen molar-refractivity contribution in [2.24, 2.45) is 0 Å². The molecule has 0 atom stereocenters. The van der Waals surface area contributed by atoms with E-state index in [2.05, 4.69) is 5.10 Å². The lowest BCUT2D eigenvalue weighted by Crippen LogP contribution is -2.22. The Balaban J connectivity index is 2.02. The van der Waals surface area contributed by atoms with Gasteiger partial charge in [-0.05, 0) is 30.3 Å². The molecular formula is C22H17N3O2. The number of para-hydroxylation sites is 1. The molecule has 0 aliphatic carbocycles. The molecule has 4 rings (SSSR count). The zero-order valence-electron chi connectivity index (χ0n) is 14.7. The van der Waals surface area contributed by atoms with Crippen LogP contribution in [0.25, 0.3) is 27.7 Å². The summed E-state index contributed by atoms with van der Waals surface area (Å²) in [4.78, 5) is 13.0. The van der Waals surface area contributed by atoms with Crippen LogP contribution in [0.4, 0.5) is 0 Å². The van der Waals surface area contributed by atoms with Crippen molar-refractivity contribution in [3.63, 3.8) is 0 Å². The average Bonchev–Trinajstić information content (AvgIpc) is 2.69. The topological polar surface area (TPSA) is 61.0 Å². The highest BCUT2D eigenvalue weighted by Crippen LogP contribution is 2.25. The van der Waals surface area contributed by atoms with Crippen LogP contribution in [0.1, 0.15) is 5.56 Å². The fourth-order valence-electron chi connectivity index (χ4n) is 3.12. The fourth-order valence-corrected chi connectivity index (χ4v) is 3.12. The van der Waals surface area contributed by atoms with E-state index in [-0.39, 0.29) is 5.56 Å². The van der Waals surface area contributed by atoms with Gasteiger partial charge in [0.05, 0.1) is 16.8 Å². The number of hydroxylamine groups is 1. The molecule has 5 heteroatoms. The molecule has 0 radical (unpaired) electrons. The van der Waals surface area contributed by atoms with E-state index in [1.165, 1.54) is 17.9 Å². The maximum atomic E-state index is 13.0. The minimum Gasteiger partial charge on any atom is -0.624 e. The molecule has 1 heterocycles. The molecule has 0 aliphatic heterocycles. The van der Waals surface area contributed by atoms with E-state index in [4.69, 9.17) is 0 Å². The molecule has 0 saturated carbocycles. The zero-order valence-corrected chi connectivity index (χ0v) is 14.7. The molecule has 1 aromatic heterocycles. The van der Waals surface area contributed by atoms with Crippen LogP contribution in [-0.4, -0.2) is 27.8 Å². The smallest absolute Gasteiger partial charge is 0.279 e. The molecule has 0 N–H and O–H groups in total. The van der Waals surface area contributed by atoms with Crippen molar-refractivity contribution < 1.29 is 4.74 Å². The highest BCUT2D eigenvalue weighted by Gasteiger charge is 2.13. The van der Waals surface area contributed by atoms with Gasteiger partial charge in [0.1, 0.15) is 7.05 Å². The van der Waals surface area contributed by atoms with Crippen LogP contribution in [0.2, 0.25) is 0 Å². The summed E-state index contributed by atoms with van der Waals surface area (Å²) in [7, 11) is 1.44. The molecular weight excluding hydrogens is 338 g/mol. The molecule has 132 valence electrons. The van der Waals surface area contributed by atoms with Gasteiger partial charge in [0, 0.05) is 16.5 Å². The Hall–Kier alpha value is -3.73. The number of nitrogens with zero attached hydrogens (tertiary/aromatic N) is 3. The molecule has 0 fully saturated rings. The Morgan fingerprint density at radius 3 is 2.37 bits per heavy atom. The maximum Gasteiger partial charge on any atom is 0.279 e. The quantitative estimate of drug-likeness (QED) is 0.244. The van der Waals surface area contributed by atoms with Crippen molar-refractivity contribution in [2.45, 2.75) is 0 Å². The fraction of sp³-hybridized carbons (Fsp3) is 0.0455. The van der Waals surface area contributed by atoms with Crippen molar-refractivity contribution >= 4 is 17.0 Å². The van der Waals surface area contributed by atoms with E-state index < -0.39 is 0 Å². The molecule has 0 bridgehead atoms. The summed E-state index contributed by atoms with van der Waals surface area (Å²) in [5.41, 5.74) is 2.84. The molecule has 3 aromatic carbocycles. The van der Waals surface area contributed by atoms with Crippen molar-refractivity contribution in [3.8, 4) is 16.9 Å². The molecule has 0 spiro atoms. The summed E-state index contributed by atoms with van der Waals surface area (Å²) in [6.07, 6.45) is 1.50. The van der Waals surface area contributed by atoms with Crippen molar-refractivity contribution in [1.29, 1.82) is 0 Å². The molecule has 0 saturated heterocycles. The van der Waals surface area contributed by atoms with E-state index in [9.17, 15) is 10.0 Å². The molecule has 0 amide bonds. The van der Waals surface area contributed by atoms with Crippen molar-refractivity contribution in [2.75, 3.05) is 7.05 Å². The first-order valence-corrected chi connectivity index (χ1v) is 8.56. The number of hydrogen-bond donors (Lipinski definition) is 0. The minimum atomic E-state index is -0.164. The lowest BCUT2D eigenvalue weighted by Gasteiger charge is -2.11. The van der Waals surface area contributed by atoms with Crippen LogP contribution >= 0.6 is 0 Å². The molecule has 5 nitrogen and oxygen atoms in total. The lowest BCUT2D eigenvalue weighted by atomic mass is 10.0. The van der Waals surface area contributed by atoms with Gasteiger partial charge in [0.15, 0.2) is 6.21 Å². The molecule has 0 aliphatic rings. The van der Waals surface area contributed by atoms with Gasteiger partial charge in [-0.2, -0.15) is 9.78 Å². The number of rotatable bonds is 3. The van der Waals surface area contributed by atoms with Crippen LogP contribution in [0.5, 0.6) is 0 Å². The standard InChI is InChI=1S/C22H17N3O2/c1-24(27)15-16-8-7-9-17(14-16)21-19-12-5-6-13-20(19)22(26)25(23-21)18-10-3-2-4-11-18/h2-15H,1H3. The third-order valence-corrected chi connectivity index (χ3v) is 4.30. The Morgan fingerprint density at radius 2 is 1.63 bits per heavy atom. The summed E-state index contributed by atoms with van der Waals surface area (Å²) in [5.74, 6) is 0. The molecule has 27 heavy (non-hydrogen) atoms. The van der Waals surface area contributed by atoms with Gasteiger partial charge in [-0.25, -0.2) is 4.74 Å². The number of aromatic nitrogens is 2. The van der Waals surface area contributed by atoms with Crippen LogP contribution in [0.15, 0.2) is 83.7 Å². The van der Waals surface area contributed by atoms with Gasteiger partial charge < -0.3 is 5.21 Å². The second-order valence-electron chi connectivity index (χ2n) is 6.25. The van der Waals surface area contributed by atoms with Gasteiger partial charge in [0.2, 0.25) is 0 Å². The Morgan fingerprint density at radius 1 is 0.926 bits per heavy atom. The first kappa shape index (κ1) is 16.7. The van der Waals surface area contributed by atoms with Gasteiger partial charge in [-0.15, -0.1) is 0 Å². The van der Waals surface area contributed by atoms with Gasteiger partial charge in [0.25, 0.3) is 5.56 Å². The van der Waals surface area contributed by atoms with E-state index in [0.717, 1.165) is 21.3 Å². The predicted molar refractivity (Wildman–Crippen MR) is 107 cm³/mol. The first-order chi connectivity index (χ1) is 13.1. The number of fused-ring (bicyclic) bond motifs is 1. The normalized spacial score (nSPS) is 11.7. The van der Waals surface area contributed by atoms with Gasteiger partial charge >= 0.3 is 0 Å². The Labute approximate surface area is 156 Å².